The normalized spacial score (nSPS) is 31.6. The summed E-state index contributed by atoms with van der Waals surface area (Å²) in [6.07, 6.45) is 6.64. The number of methoxy groups -OCH3 is 1. The van der Waals surface area contributed by atoms with E-state index in [4.69, 9.17) is 9.47 Å². The summed E-state index contributed by atoms with van der Waals surface area (Å²) in [4.78, 5) is 6.97. The minimum atomic E-state index is 0.342. The van der Waals surface area contributed by atoms with E-state index in [-0.39, 0.29) is 0 Å². The predicted molar refractivity (Wildman–Crippen MR) is 71.7 cm³/mol. The van der Waals surface area contributed by atoms with E-state index < -0.39 is 0 Å². The number of imidazole rings is 1. The van der Waals surface area contributed by atoms with Gasteiger partial charge in [0.1, 0.15) is 5.82 Å². The molecule has 106 valence electrons. The lowest BCUT2D eigenvalue weighted by Gasteiger charge is -2.39. The standard InChI is InChI=1S/C14H23N3O2/c1-16-6-5-15-13(16)9-17-7-8-19-14-11(10-18-2)3-4-12(14)17/h5-6,11-12,14H,3-4,7-10H2,1-2H3/t11-,12+,14+/m1/s1. The van der Waals surface area contributed by atoms with Gasteiger partial charge in [-0.2, -0.15) is 0 Å². The van der Waals surface area contributed by atoms with Crippen molar-refractivity contribution < 1.29 is 9.47 Å². The molecule has 0 unspecified atom stereocenters. The second-order valence-electron chi connectivity index (χ2n) is 5.62. The van der Waals surface area contributed by atoms with Gasteiger partial charge >= 0.3 is 0 Å². The second-order valence-corrected chi connectivity index (χ2v) is 5.62. The molecule has 1 aliphatic heterocycles. The van der Waals surface area contributed by atoms with Crippen LogP contribution >= 0.6 is 0 Å². The zero-order chi connectivity index (χ0) is 13.2. The average molecular weight is 265 g/mol. The third-order valence-corrected chi connectivity index (χ3v) is 4.48. The molecule has 0 radical (unpaired) electrons. The van der Waals surface area contributed by atoms with E-state index in [0.29, 0.717) is 18.1 Å². The predicted octanol–water partition coefficient (Wildman–Crippen LogP) is 1.05. The van der Waals surface area contributed by atoms with Crippen molar-refractivity contribution in [3.8, 4) is 0 Å². The van der Waals surface area contributed by atoms with E-state index in [9.17, 15) is 0 Å². The topological polar surface area (TPSA) is 39.5 Å². The monoisotopic (exact) mass is 265 g/mol. The molecule has 3 atom stereocenters. The van der Waals surface area contributed by atoms with Crippen molar-refractivity contribution in [2.24, 2.45) is 13.0 Å². The Morgan fingerprint density at radius 2 is 2.37 bits per heavy atom. The van der Waals surface area contributed by atoms with E-state index in [2.05, 4.69) is 21.5 Å². The highest BCUT2D eigenvalue weighted by atomic mass is 16.5. The fourth-order valence-corrected chi connectivity index (χ4v) is 3.46. The van der Waals surface area contributed by atoms with Gasteiger partial charge in [0.15, 0.2) is 0 Å². The second kappa shape index (κ2) is 5.61. The summed E-state index contributed by atoms with van der Waals surface area (Å²) < 4.78 is 13.4. The van der Waals surface area contributed by atoms with E-state index in [1.54, 1.807) is 7.11 Å². The Morgan fingerprint density at radius 3 is 3.11 bits per heavy atom. The first kappa shape index (κ1) is 13.1. The van der Waals surface area contributed by atoms with Gasteiger partial charge in [-0.05, 0) is 12.8 Å². The lowest BCUT2D eigenvalue weighted by atomic mass is 10.0. The zero-order valence-corrected chi connectivity index (χ0v) is 11.8. The van der Waals surface area contributed by atoms with E-state index in [1.165, 1.54) is 12.8 Å². The molecule has 1 aromatic heterocycles. The van der Waals surface area contributed by atoms with Crippen LogP contribution in [-0.2, 0) is 23.1 Å². The fraction of sp³-hybridized carbons (Fsp3) is 0.786. The summed E-state index contributed by atoms with van der Waals surface area (Å²) in [6, 6.07) is 0.533. The number of ether oxygens (including phenoxy) is 2. The smallest absolute Gasteiger partial charge is 0.122 e. The summed E-state index contributed by atoms with van der Waals surface area (Å²) in [5.41, 5.74) is 0. The van der Waals surface area contributed by atoms with Gasteiger partial charge in [-0.15, -0.1) is 0 Å². The van der Waals surface area contributed by atoms with Gasteiger partial charge in [0.05, 0.1) is 25.9 Å². The largest absolute Gasteiger partial charge is 0.384 e. The highest BCUT2D eigenvalue weighted by Gasteiger charge is 2.42. The van der Waals surface area contributed by atoms with Crippen molar-refractivity contribution in [3.05, 3.63) is 18.2 Å². The van der Waals surface area contributed by atoms with E-state index >= 15 is 0 Å². The van der Waals surface area contributed by atoms with Crippen molar-refractivity contribution >= 4 is 0 Å². The van der Waals surface area contributed by atoms with Crippen molar-refractivity contribution in [2.45, 2.75) is 31.5 Å². The van der Waals surface area contributed by atoms with Crippen LogP contribution in [0.5, 0.6) is 0 Å². The van der Waals surface area contributed by atoms with E-state index in [0.717, 1.165) is 32.1 Å². The molecule has 0 amide bonds. The molecule has 5 heteroatoms. The molecule has 5 nitrogen and oxygen atoms in total. The molecule has 0 aromatic carbocycles. The highest BCUT2D eigenvalue weighted by molar-refractivity contribution is 4.98. The van der Waals surface area contributed by atoms with Crippen molar-refractivity contribution in [1.29, 1.82) is 0 Å². The minimum Gasteiger partial charge on any atom is -0.384 e. The Kier molecular flexibility index (Phi) is 3.86. The molecule has 3 rings (SSSR count). The van der Waals surface area contributed by atoms with Gasteiger partial charge in [0.25, 0.3) is 0 Å². The van der Waals surface area contributed by atoms with Gasteiger partial charge in [-0.25, -0.2) is 4.98 Å². The van der Waals surface area contributed by atoms with Crippen LogP contribution in [-0.4, -0.2) is 53.5 Å². The maximum atomic E-state index is 6.00. The number of hydrogen-bond acceptors (Lipinski definition) is 4. The number of aryl methyl sites for hydroxylation is 1. The van der Waals surface area contributed by atoms with Crippen LogP contribution in [0.3, 0.4) is 0 Å². The van der Waals surface area contributed by atoms with Gasteiger partial charge in [0.2, 0.25) is 0 Å². The molecular weight excluding hydrogens is 242 g/mol. The van der Waals surface area contributed by atoms with Gasteiger partial charge in [-0.1, -0.05) is 0 Å². The van der Waals surface area contributed by atoms with Crippen LogP contribution in [0.2, 0.25) is 0 Å². The summed E-state index contributed by atoms with van der Waals surface area (Å²) in [7, 11) is 3.84. The first-order chi connectivity index (χ1) is 9.29. The maximum Gasteiger partial charge on any atom is 0.122 e. The van der Waals surface area contributed by atoms with Gasteiger partial charge in [0, 0.05) is 45.1 Å². The van der Waals surface area contributed by atoms with Crippen LogP contribution in [0, 0.1) is 5.92 Å². The maximum absolute atomic E-state index is 6.00. The van der Waals surface area contributed by atoms with Crippen molar-refractivity contribution in [2.75, 3.05) is 26.9 Å². The Morgan fingerprint density at radius 1 is 1.47 bits per heavy atom. The SMILES string of the molecule is COC[C@H]1CC[C@H]2[C@H]1OCCN2Cc1nccn1C. The van der Waals surface area contributed by atoms with Crippen LogP contribution < -0.4 is 0 Å². The Balaban J connectivity index is 1.68. The molecule has 1 saturated carbocycles. The first-order valence-corrected chi connectivity index (χ1v) is 7.10. The van der Waals surface area contributed by atoms with Crippen molar-refractivity contribution in [1.82, 2.24) is 14.5 Å². The molecule has 0 spiro atoms. The molecule has 2 heterocycles. The molecule has 1 aromatic rings. The van der Waals surface area contributed by atoms with E-state index in [1.807, 2.05) is 12.4 Å². The number of hydrogen-bond donors (Lipinski definition) is 0. The molecule has 1 saturated heterocycles. The molecular formula is C14H23N3O2. The molecule has 0 bridgehead atoms. The average Bonchev–Trinajstić information content (AvgIpc) is 2.99. The Bertz CT molecular complexity index is 421. The van der Waals surface area contributed by atoms with Crippen LogP contribution in [0.4, 0.5) is 0 Å². The number of nitrogens with zero attached hydrogens (tertiary/aromatic N) is 3. The highest BCUT2D eigenvalue weighted by Crippen LogP contribution is 2.35. The first-order valence-electron chi connectivity index (χ1n) is 7.10. The van der Waals surface area contributed by atoms with Crippen LogP contribution in [0.15, 0.2) is 12.4 Å². The third kappa shape index (κ3) is 2.55. The molecule has 19 heavy (non-hydrogen) atoms. The summed E-state index contributed by atoms with van der Waals surface area (Å²) in [5.74, 6) is 1.69. The summed E-state index contributed by atoms with van der Waals surface area (Å²) in [5, 5.41) is 0. The van der Waals surface area contributed by atoms with Gasteiger partial charge in [-0.3, -0.25) is 4.90 Å². The number of morpholine rings is 1. The number of aromatic nitrogens is 2. The minimum absolute atomic E-state index is 0.342. The summed E-state index contributed by atoms with van der Waals surface area (Å²) in [6.45, 7) is 3.57. The summed E-state index contributed by atoms with van der Waals surface area (Å²) >= 11 is 0. The number of fused-ring (bicyclic) bond motifs is 1. The van der Waals surface area contributed by atoms with Crippen LogP contribution in [0.25, 0.3) is 0 Å². The quantitative estimate of drug-likeness (QED) is 0.815. The number of rotatable bonds is 4. The molecule has 2 aliphatic rings. The zero-order valence-electron chi connectivity index (χ0n) is 11.8. The Labute approximate surface area is 114 Å². The Hall–Kier alpha value is -0.910. The molecule has 2 fully saturated rings. The molecule has 0 N–H and O–H groups in total. The van der Waals surface area contributed by atoms with Crippen molar-refractivity contribution in [3.63, 3.8) is 0 Å². The van der Waals surface area contributed by atoms with Crippen LogP contribution in [0.1, 0.15) is 18.7 Å². The lowest BCUT2D eigenvalue weighted by molar-refractivity contribution is -0.0862. The lowest BCUT2D eigenvalue weighted by Crippen LogP contribution is -2.50. The fourth-order valence-electron chi connectivity index (χ4n) is 3.46. The van der Waals surface area contributed by atoms with Gasteiger partial charge < -0.3 is 14.0 Å². The third-order valence-electron chi connectivity index (χ3n) is 4.48. The molecule has 1 aliphatic carbocycles.